The van der Waals surface area contributed by atoms with Crippen LogP contribution < -0.4 is 0 Å². The molecule has 0 radical (unpaired) electrons. The molecule has 7 heteroatoms. The minimum absolute atomic E-state index is 0.0900. The second-order valence-electron chi connectivity index (χ2n) is 6.63. The smallest absolute Gasteiger partial charge is 0.263 e. The van der Waals surface area contributed by atoms with Gasteiger partial charge >= 0.3 is 0 Å². The number of aryl methyl sites for hydroxylation is 1. The van der Waals surface area contributed by atoms with Gasteiger partial charge in [-0.2, -0.15) is 0 Å². The molecule has 0 saturated carbocycles. The lowest BCUT2D eigenvalue weighted by Gasteiger charge is -2.32. The van der Waals surface area contributed by atoms with E-state index in [0.29, 0.717) is 4.34 Å². The summed E-state index contributed by atoms with van der Waals surface area (Å²) in [6, 6.07) is 3.61. The maximum atomic E-state index is 12.7. The standard InChI is InChI=1S/C17H21ClN4OS/c18-14-8-7-13(24-14)17(23)21-9-4-5-12(11-21)16-20-19-15-6-2-1-3-10-22(15)16/h7-8,12H,1-6,9-11H2. The third-order valence-electron chi connectivity index (χ3n) is 5.00. The van der Waals surface area contributed by atoms with E-state index in [1.165, 1.54) is 30.6 Å². The predicted molar refractivity (Wildman–Crippen MR) is 94.8 cm³/mol. The lowest BCUT2D eigenvalue weighted by Crippen LogP contribution is -2.39. The zero-order valence-corrected chi connectivity index (χ0v) is 15.2. The highest BCUT2D eigenvalue weighted by molar-refractivity contribution is 7.17. The fourth-order valence-electron chi connectivity index (χ4n) is 3.77. The van der Waals surface area contributed by atoms with Gasteiger partial charge in [-0.25, -0.2) is 0 Å². The number of fused-ring (bicyclic) bond motifs is 1. The Balaban J connectivity index is 1.53. The van der Waals surface area contributed by atoms with Crippen molar-refractivity contribution in [3.8, 4) is 0 Å². The molecule has 0 aromatic carbocycles. The number of aromatic nitrogens is 3. The van der Waals surface area contributed by atoms with Crippen molar-refractivity contribution in [3.63, 3.8) is 0 Å². The highest BCUT2D eigenvalue weighted by Crippen LogP contribution is 2.30. The summed E-state index contributed by atoms with van der Waals surface area (Å²) in [7, 11) is 0. The van der Waals surface area contributed by atoms with Gasteiger partial charge in [-0.3, -0.25) is 4.79 Å². The fourth-order valence-corrected chi connectivity index (χ4v) is 4.78. The number of halogens is 1. The van der Waals surface area contributed by atoms with Crippen LogP contribution in [-0.2, 0) is 13.0 Å². The molecule has 1 saturated heterocycles. The van der Waals surface area contributed by atoms with Crippen LogP contribution in [0.15, 0.2) is 12.1 Å². The van der Waals surface area contributed by atoms with Crippen molar-refractivity contribution in [2.24, 2.45) is 0 Å². The Bertz CT molecular complexity index is 741. The number of thiophene rings is 1. The Kier molecular flexibility index (Phi) is 4.59. The summed E-state index contributed by atoms with van der Waals surface area (Å²) in [5, 5.41) is 8.91. The van der Waals surface area contributed by atoms with Gasteiger partial charge in [0.15, 0.2) is 0 Å². The molecule has 4 heterocycles. The van der Waals surface area contributed by atoms with Crippen LogP contribution in [0.2, 0.25) is 4.34 Å². The van der Waals surface area contributed by atoms with E-state index in [9.17, 15) is 4.79 Å². The number of hydrogen-bond acceptors (Lipinski definition) is 4. The molecule has 0 bridgehead atoms. The topological polar surface area (TPSA) is 51.0 Å². The summed E-state index contributed by atoms with van der Waals surface area (Å²) in [4.78, 5) is 15.4. The van der Waals surface area contributed by atoms with Crippen LogP contribution >= 0.6 is 22.9 Å². The van der Waals surface area contributed by atoms with Gasteiger partial charge in [0.1, 0.15) is 11.6 Å². The molecule has 1 fully saturated rings. The number of hydrogen-bond donors (Lipinski definition) is 0. The second kappa shape index (κ2) is 6.84. The highest BCUT2D eigenvalue weighted by atomic mass is 35.5. The predicted octanol–water partition coefficient (Wildman–Crippen LogP) is 3.74. The molecule has 128 valence electrons. The zero-order valence-electron chi connectivity index (χ0n) is 13.6. The molecule has 2 aliphatic heterocycles. The third-order valence-corrected chi connectivity index (χ3v) is 6.21. The van der Waals surface area contributed by atoms with Crippen LogP contribution in [0.25, 0.3) is 0 Å². The monoisotopic (exact) mass is 364 g/mol. The second-order valence-corrected chi connectivity index (χ2v) is 8.35. The average Bonchev–Trinajstić information content (AvgIpc) is 3.14. The van der Waals surface area contributed by atoms with Crippen LogP contribution in [-0.4, -0.2) is 38.7 Å². The van der Waals surface area contributed by atoms with Crippen molar-refractivity contribution in [3.05, 3.63) is 33.0 Å². The summed E-state index contributed by atoms with van der Waals surface area (Å²) in [5.74, 6) is 2.58. The number of carbonyl (C=O) groups excluding carboxylic acids is 1. The first-order valence-electron chi connectivity index (χ1n) is 8.69. The zero-order chi connectivity index (χ0) is 16.5. The average molecular weight is 365 g/mol. The lowest BCUT2D eigenvalue weighted by molar-refractivity contribution is 0.0708. The first-order chi connectivity index (χ1) is 11.7. The van der Waals surface area contributed by atoms with Crippen molar-refractivity contribution in [2.75, 3.05) is 13.1 Å². The molecule has 2 aliphatic rings. The molecule has 2 aromatic rings. The SMILES string of the molecule is O=C(c1ccc(Cl)s1)N1CCCC(c2nnc3n2CCCCC3)C1. The van der Waals surface area contributed by atoms with Gasteiger partial charge in [-0.15, -0.1) is 21.5 Å². The Labute approximate surface area is 150 Å². The quantitative estimate of drug-likeness (QED) is 0.815. The summed E-state index contributed by atoms with van der Waals surface area (Å²) in [5.41, 5.74) is 0. The van der Waals surface area contributed by atoms with Crippen LogP contribution in [0.4, 0.5) is 0 Å². The number of rotatable bonds is 2. The van der Waals surface area contributed by atoms with E-state index >= 15 is 0 Å². The van der Waals surface area contributed by atoms with E-state index in [1.54, 1.807) is 6.07 Å². The first-order valence-corrected chi connectivity index (χ1v) is 9.88. The van der Waals surface area contributed by atoms with E-state index in [1.807, 2.05) is 11.0 Å². The number of piperidine rings is 1. The molecule has 0 aliphatic carbocycles. The van der Waals surface area contributed by atoms with Crippen molar-refractivity contribution >= 4 is 28.8 Å². The molecule has 0 spiro atoms. The summed E-state index contributed by atoms with van der Waals surface area (Å²) in [6.07, 6.45) is 6.77. The molecule has 5 nitrogen and oxygen atoms in total. The lowest BCUT2D eigenvalue weighted by atomic mass is 9.97. The van der Waals surface area contributed by atoms with Crippen LogP contribution in [0.5, 0.6) is 0 Å². The van der Waals surface area contributed by atoms with Crippen LogP contribution in [0, 0.1) is 0 Å². The maximum absolute atomic E-state index is 12.7. The Hall–Kier alpha value is -1.40. The van der Waals surface area contributed by atoms with Crippen molar-refractivity contribution in [1.82, 2.24) is 19.7 Å². The summed E-state index contributed by atoms with van der Waals surface area (Å²) in [6.45, 7) is 2.56. The molecule has 2 aromatic heterocycles. The number of amides is 1. The Morgan fingerprint density at radius 1 is 1.17 bits per heavy atom. The largest absolute Gasteiger partial charge is 0.337 e. The van der Waals surface area contributed by atoms with E-state index < -0.39 is 0 Å². The maximum Gasteiger partial charge on any atom is 0.263 e. The van der Waals surface area contributed by atoms with E-state index in [0.717, 1.165) is 55.4 Å². The van der Waals surface area contributed by atoms with Gasteiger partial charge in [-0.1, -0.05) is 18.0 Å². The Morgan fingerprint density at radius 3 is 2.92 bits per heavy atom. The van der Waals surface area contributed by atoms with Crippen LogP contribution in [0.1, 0.15) is 59.3 Å². The molecule has 1 atom stereocenters. The Morgan fingerprint density at radius 2 is 2.08 bits per heavy atom. The van der Waals surface area contributed by atoms with E-state index in [2.05, 4.69) is 14.8 Å². The van der Waals surface area contributed by atoms with Gasteiger partial charge in [0.05, 0.1) is 9.21 Å². The molecule has 1 amide bonds. The number of likely N-dealkylation sites (tertiary alicyclic amines) is 1. The highest BCUT2D eigenvalue weighted by Gasteiger charge is 2.30. The number of nitrogens with zero attached hydrogens (tertiary/aromatic N) is 4. The van der Waals surface area contributed by atoms with Gasteiger partial charge < -0.3 is 9.47 Å². The van der Waals surface area contributed by atoms with Crippen molar-refractivity contribution < 1.29 is 4.79 Å². The van der Waals surface area contributed by atoms with Crippen molar-refractivity contribution in [1.29, 1.82) is 0 Å². The summed E-state index contributed by atoms with van der Waals surface area (Å²) >= 11 is 7.33. The minimum Gasteiger partial charge on any atom is -0.337 e. The summed E-state index contributed by atoms with van der Waals surface area (Å²) < 4.78 is 2.97. The van der Waals surface area contributed by atoms with Gasteiger partial charge in [0, 0.05) is 32.0 Å². The van der Waals surface area contributed by atoms with Gasteiger partial charge in [0.25, 0.3) is 5.91 Å². The minimum atomic E-state index is 0.0900. The fraction of sp³-hybridized carbons (Fsp3) is 0.588. The van der Waals surface area contributed by atoms with E-state index in [-0.39, 0.29) is 11.8 Å². The molecule has 1 unspecified atom stereocenters. The normalized spacial score (nSPS) is 21.4. The van der Waals surface area contributed by atoms with E-state index in [4.69, 9.17) is 11.6 Å². The van der Waals surface area contributed by atoms with Crippen LogP contribution in [0.3, 0.4) is 0 Å². The molecular formula is C17H21ClN4OS. The van der Waals surface area contributed by atoms with Gasteiger partial charge in [0.2, 0.25) is 0 Å². The first kappa shape index (κ1) is 16.1. The van der Waals surface area contributed by atoms with Crippen molar-refractivity contribution in [2.45, 2.75) is 51.0 Å². The molecule has 0 N–H and O–H groups in total. The molecule has 4 rings (SSSR count). The third kappa shape index (κ3) is 3.09. The molecule has 24 heavy (non-hydrogen) atoms. The van der Waals surface area contributed by atoms with Gasteiger partial charge in [-0.05, 0) is 37.8 Å². The number of carbonyl (C=O) groups is 1. The molecular weight excluding hydrogens is 344 g/mol.